The van der Waals surface area contributed by atoms with Gasteiger partial charge in [-0.05, 0) is 42.5 Å². The minimum atomic E-state index is -0.164. The molecule has 0 fully saturated rings. The number of thiophene rings is 1. The number of aryl methyl sites for hydroxylation is 3. The number of benzene rings is 1. The highest BCUT2D eigenvalue weighted by atomic mass is 32.1. The number of amides is 1. The number of hydrogen-bond acceptors (Lipinski definition) is 6. The smallest absolute Gasteiger partial charge is 0.267 e. The molecule has 0 saturated heterocycles. The molecule has 0 spiro atoms. The number of nitrogens with zero attached hydrogens (tertiary/aromatic N) is 3. The number of carbonyl (C=O) groups is 1. The Bertz CT molecular complexity index is 1160. The van der Waals surface area contributed by atoms with Gasteiger partial charge >= 0.3 is 0 Å². The first kappa shape index (κ1) is 20.3. The highest BCUT2D eigenvalue weighted by molar-refractivity contribution is 7.14. The van der Waals surface area contributed by atoms with E-state index in [1.54, 1.807) is 4.68 Å². The Morgan fingerprint density at radius 1 is 1.17 bits per heavy atom. The maximum Gasteiger partial charge on any atom is 0.267 e. The first-order valence-electron chi connectivity index (χ1n) is 9.58. The number of ether oxygens (including phenoxy) is 1. The van der Waals surface area contributed by atoms with Crippen LogP contribution in [-0.2, 0) is 20.1 Å². The zero-order valence-electron chi connectivity index (χ0n) is 17.0. The van der Waals surface area contributed by atoms with Gasteiger partial charge in [0, 0.05) is 29.8 Å². The van der Waals surface area contributed by atoms with Crippen molar-refractivity contribution >= 4 is 33.7 Å². The summed E-state index contributed by atoms with van der Waals surface area (Å²) in [6.45, 7) is 4.50. The molecule has 0 unspecified atom stereocenters. The van der Waals surface area contributed by atoms with Gasteiger partial charge < -0.3 is 4.74 Å². The fourth-order valence-electron chi connectivity index (χ4n) is 3.02. The Morgan fingerprint density at radius 2 is 1.97 bits per heavy atom. The van der Waals surface area contributed by atoms with Crippen LogP contribution in [0.25, 0.3) is 11.3 Å². The van der Waals surface area contributed by atoms with Gasteiger partial charge in [-0.3, -0.25) is 14.8 Å². The molecule has 4 aromatic rings. The van der Waals surface area contributed by atoms with Crippen LogP contribution in [0.1, 0.15) is 33.4 Å². The standard InChI is InChI=1S/C22H22N4O2S2/c1-4-15-5-7-17(8-6-15)28-11-16-9-20(29-12-16)21(27)24-22-23-19(13-30-22)18-10-26(3)25-14(18)2/h5-10,12-13H,4,11H2,1-3H3,(H,23,24,27). The van der Waals surface area contributed by atoms with Crippen molar-refractivity contribution in [1.82, 2.24) is 14.8 Å². The summed E-state index contributed by atoms with van der Waals surface area (Å²) >= 11 is 2.80. The summed E-state index contributed by atoms with van der Waals surface area (Å²) in [5.41, 5.74) is 4.94. The molecular weight excluding hydrogens is 416 g/mol. The second kappa shape index (κ2) is 8.81. The van der Waals surface area contributed by atoms with Crippen molar-refractivity contribution in [2.45, 2.75) is 26.9 Å². The summed E-state index contributed by atoms with van der Waals surface area (Å²) in [5.74, 6) is 0.660. The number of anilines is 1. The van der Waals surface area contributed by atoms with E-state index in [1.165, 1.54) is 28.2 Å². The van der Waals surface area contributed by atoms with E-state index < -0.39 is 0 Å². The number of carbonyl (C=O) groups excluding carboxylic acids is 1. The lowest BCUT2D eigenvalue weighted by Crippen LogP contribution is -2.09. The van der Waals surface area contributed by atoms with E-state index in [1.807, 2.05) is 49.1 Å². The highest BCUT2D eigenvalue weighted by Gasteiger charge is 2.14. The van der Waals surface area contributed by atoms with Crippen molar-refractivity contribution in [2.24, 2.45) is 7.05 Å². The number of thiazole rings is 1. The van der Waals surface area contributed by atoms with E-state index in [0.717, 1.165) is 34.7 Å². The Morgan fingerprint density at radius 3 is 2.67 bits per heavy atom. The fraction of sp³-hybridized carbons (Fsp3) is 0.227. The lowest BCUT2D eigenvalue weighted by atomic mass is 10.2. The van der Waals surface area contributed by atoms with E-state index >= 15 is 0 Å². The monoisotopic (exact) mass is 438 g/mol. The zero-order chi connectivity index (χ0) is 21.1. The van der Waals surface area contributed by atoms with Gasteiger partial charge in [0.2, 0.25) is 0 Å². The van der Waals surface area contributed by atoms with Crippen LogP contribution in [-0.4, -0.2) is 20.7 Å². The van der Waals surface area contributed by atoms with Crippen molar-refractivity contribution in [3.05, 3.63) is 69.0 Å². The van der Waals surface area contributed by atoms with Gasteiger partial charge in [0.15, 0.2) is 5.13 Å². The first-order chi connectivity index (χ1) is 14.5. The number of nitrogens with one attached hydrogen (secondary N) is 1. The quantitative estimate of drug-likeness (QED) is 0.425. The molecule has 1 aromatic carbocycles. The molecule has 0 aliphatic heterocycles. The van der Waals surface area contributed by atoms with E-state index in [0.29, 0.717) is 16.6 Å². The van der Waals surface area contributed by atoms with Crippen molar-refractivity contribution in [2.75, 3.05) is 5.32 Å². The van der Waals surface area contributed by atoms with Gasteiger partial charge in [-0.25, -0.2) is 4.98 Å². The van der Waals surface area contributed by atoms with Crippen LogP contribution in [0, 0.1) is 6.92 Å². The molecular formula is C22H22N4O2S2. The van der Waals surface area contributed by atoms with E-state index in [-0.39, 0.29) is 5.91 Å². The van der Waals surface area contributed by atoms with Crippen LogP contribution in [0.4, 0.5) is 5.13 Å². The third-order valence-electron chi connectivity index (χ3n) is 4.63. The van der Waals surface area contributed by atoms with Crippen molar-refractivity contribution in [3.8, 4) is 17.0 Å². The topological polar surface area (TPSA) is 69.0 Å². The van der Waals surface area contributed by atoms with Crippen molar-refractivity contribution in [3.63, 3.8) is 0 Å². The van der Waals surface area contributed by atoms with Crippen LogP contribution < -0.4 is 10.1 Å². The average molecular weight is 439 g/mol. The summed E-state index contributed by atoms with van der Waals surface area (Å²) < 4.78 is 7.58. The van der Waals surface area contributed by atoms with E-state index in [4.69, 9.17) is 4.74 Å². The van der Waals surface area contributed by atoms with Gasteiger partial charge in [0.1, 0.15) is 12.4 Å². The van der Waals surface area contributed by atoms with Crippen LogP contribution in [0.3, 0.4) is 0 Å². The third-order valence-corrected chi connectivity index (χ3v) is 6.36. The molecule has 1 amide bonds. The van der Waals surface area contributed by atoms with Crippen LogP contribution in [0.2, 0.25) is 0 Å². The van der Waals surface area contributed by atoms with E-state index in [9.17, 15) is 4.79 Å². The molecule has 1 N–H and O–H groups in total. The van der Waals surface area contributed by atoms with Gasteiger partial charge in [-0.15, -0.1) is 22.7 Å². The first-order valence-corrected chi connectivity index (χ1v) is 11.3. The molecule has 8 heteroatoms. The number of hydrogen-bond donors (Lipinski definition) is 1. The summed E-state index contributed by atoms with van der Waals surface area (Å²) in [4.78, 5) is 17.8. The Hall–Kier alpha value is -2.97. The molecule has 0 saturated carbocycles. The maximum atomic E-state index is 12.6. The summed E-state index contributed by atoms with van der Waals surface area (Å²) in [7, 11) is 1.88. The number of aromatic nitrogens is 3. The maximum absolute atomic E-state index is 12.6. The Kier molecular flexibility index (Phi) is 5.96. The predicted octanol–water partition coefficient (Wildman–Crippen LogP) is 5.31. The number of rotatable bonds is 7. The predicted molar refractivity (Wildman–Crippen MR) is 121 cm³/mol. The van der Waals surface area contributed by atoms with Crippen LogP contribution >= 0.6 is 22.7 Å². The SMILES string of the molecule is CCc1ccc(OCc2csc(C(=O)Nc3nc(-c4cn(C)nc4C)cs3)c2)cc1. The molecule has 154 valence electrons. The van der Waals surface area contributed by atoms with Crippen LogP contribution in [0.5, 0.6) is 5.75 Å². The van der Waals surface area contributed by atoms with Gasteiger partial charge in [-0.2, -0.15) is 5.10 Å². The third kappa shape index (κ3) is 4.60. The molecule has 4 rings (SSSR count). The van der Waals surface area contributed by atoms with Gasteiger partial charge in [0.25, 0.3) is 5.91 Å². The van der Waals surface area contributed by atoms with Crippen LogP contribution in [0.15, 0.2) is 47.3 Å². The normalized spacial score (nSPS) is 10.9. The van der Waals surface area contributed by atoms with E-state index in [2.05, 4.69) is 34.5 Å². The molecule has 0 atom stereocenters. The minimum absolute atomic E-state index is 0.164. The fourth-order valence-corrected chi connectivity index (χ4v) is 4.52. The molecule has 3 aromatic heterocycles. The largest absolute Gasteiger partial charge is 0.489 e. The second-order valence-electron chi connectivity index (χ2n) is 6.90. The molecule has 30 heavy (non-hydrogen) atoms. The highest BCUT2D eigenvalue weighted by Crippen LogP contribution is 2.27. The molecule has 0 bridgehead atoms. The summed E-state index contributed by atoms with van der Waals surface area (Å²) in [6, 6.07) is 9.94. The molecule has 0 aliphatic rings. The molecule has 6 nitrogen and oxygen atoms in total. The van der Waals surface area contributed by atoms with Gasteiger partial charge in [0.05, 0.1) is 16.3 Å². The van der Waals surface area contributed by atoms with Crippen molar-refractivity contribution in [1.29, 1.82) is 0 Å². The Balaban J connectivity index is 1.36. The van der Waals surface area contributed by atoms with Gasteiger partial charge in [-0.1, -0.05) is 19.1 Å². The Labute approximate surface area is 183 Å². The summed E-state index contributed by atoms with van der Waals surface area (Å²) in [6.07, 6.45) is 2.93. The average Bonchev–Trinajstić information content (AvgIpc) is 3.47. The molecule has 0 aliphatic carbocycles. The molecule has 0 radical (unpaired) electrons. The zero-order valence-corrected chi connectivity index (χ0v) is 18.6. The molecule has 3 heterocycles. The lowest BCUT2D eigenvalue weighted by Gasteiger charge is -2.05. The van der Waals surface area contributed by atoms with Crippen molar-refractivity contribution < 1.29 is 9.53 Å². The minimum Gasteiger partial charge on any atom is -0.489 e. The lowest BCUT2D eigenvalue weighted by molar-refractivity contribution is 0.103. The summed E-state index contributed by atoms with van der Waals surface area (Å²) in [5, 5.41) is 11.7. The second-order valence-corrected chi connectivity index (χ2v) is 8.67.